The number of amides is 1. The first-order valence-corrected chi connectivity index (χ1v) is 11.5. The van der Waals surface area contributed by atoms with Crippen LogP contribution in [0, 0.1) is 13.8 Å². The van der Waals surface area contributed by atoms with Crippen LogP contribution in [0.5, 0.6) is 5.75 Å². The third kappa shape index (κ3) is 4.70. The maximum absolute atomic E-state index is 12.8. The molecule has 2 aliphatic heterocycles. The Labute approximate surface area is 197 Å². The van der Waals surface area contributed by atoms with Crippen LogP contribution in [0.25, 0.3) is 0 Å². The van der Waals surface area contributed by atoms with E-state index in [-0.39, 0.29) is 18.7 Å². The second-order valence-electron chi connectivity index (χ2n) is 8.78. The molecule has 2 fully saturated rings. The van der Waals surface area contributed by atoms with Gasteiger partial charge in [-0.3, -0.25) is 14.4 Å². The Hall–Kier alpha value is -3.21. The molecule has 34 heavy (non-hydrogen) atoms. The van der Waals surface area contributed by atoms with Crippen molar-refractivity contribution in [2.45, 2.75) is 58.8 Å². The van der Waals surface area contributed by atoms with Crippen molar-refractivity contribution in [2.75, 3.05) is 18.1 Å². The van der Waals surface area contributed by atoms with Crippen molar-refractivity contribution in [3.8, 4) is 5.75 Å². The number of ether oxygens (including phenoxy) is 2. The number of aryl methyl sites for hydroxylation is 2. The zero-order chi connectivity index (χ0) is 23.7. The first-order chi connectivity index (χ1) is 16.5. The summed E-state index contributed by atoms with van der Waals surface area (Å²) in [6, 6.07) is 7.69. The molecule has 1 aromatic carbocycles. The number of nitrogens with zero attached hydrogens (tertiary/aromatic N) is 5. The van der Waals surface area contributed by atoms with Crippen molar-refractivity contribution >= 4 is 11.6 Å². The lowest BCUT2D eigenvalue weighted by molar-refractivity contribution is -0.116. The van der Waals surface area contributed by atoms with Crippen LogP contribution in [0.1, 0.15) is 41.8 Å². The summed E-state index contributed by atoms with van der Waals surface area (Å²) >= 11 is 0. The van der Waals surface area contributed by atoms with E-state index in [1.165, 1.54) is 4.90 Å². The van der Waals surface area contributed by atoms with Crippen molar-refractivity contribution in [3.63, 3.8) is 0 Å². The minimum absolute atomic E-state index is 0.104. The number of aromatic nitrogens is 3. The topological polar surface area (TPSA) is 106 Å². The van der Waals surface area contributed by atoms with Crippen LogP contribution in [0.15, 0.2) is 41.2 Å². The molecule has 1 N–H and O–H groups in total. The summed E-state index contributed by atoms with van der Waals surface area (Å²) in [7, 11) is 0. The summed E-state index contributed by atoms with van der Waals surface area (Å²) in [6.45, 7) is 5.43. The van der Waals surface area contributed by atoms with E-state index in [0.717, 1.165) is 54.2 Å². The molecule has 2 unspecified atom stereocenters. The largest absolute Gasteiger partial charge is 0.465 e. The highest BCUT2D eigenvalue weighted by Gasteiger charge is 2.38. The number of carbonyl (C=O) groups excluding carboxylic acids is 1. The Bertz CT molecular complexity index is 1130. The molecular weight excluding hydrogens is 438 g/mol. The van der Waals surface area contributed by atoms with Gasteiger partial charge in [0.05, 0.1) is 37.3 Å². The third-order valence-corrected chi connectivity index (χ3v) is 6.25. The molecular formula is C24H29N5O5. The smallest absolute Gasteiger partial charge is 0.244 e. The fraction of sp³-hybridized carbons (Fsp3) is 0.458. The van der Waals surface area contributed by atoms with Gasteiger partial charge in [-0.25, -0.2) is 4.90 Å². The SMILES string of the molecule is Cc1noc(C)c1Cn1cc(N2C(=O)CN(Cc3cccc(OC4CCCCO4)c3)C2O)cn1. The molecule has 2 atom stereocenters. The fourth-order valence-corrected chi connectivity index (χ4v) is 4.40. The lowest BCUT2D eigenvalue weighted by Gasteiger charge is -2.25. The highest BCUT2D eigenvalue weighted by atomic mass is 16.7. The molecule has 0 radical (unpaired) electrons. The minimum Gasteiger partial charge on any atom is -0.465 e. The Kier molecular flexibility index (Phi) is 6.36. The normalized spacial score (nSPS) is 21.4. The molecule has 1 amide bonds. The maximum atomic E-state index is 12.8. The van der Waals surface area contributed by atoms with Gasteiger partial charge >= 0.3 is 0 Å². The fourth-order valence-electron chi connectivity index (χ4n) is 4.40. The van der Waals surface area contributed by atoms with Gasteiger partial charge in [0.25, 0.3) is 0 Å². The summed E-state index contributed by atoms with van der Waals surface area (Å²) in [5, 5.41) is 19.3. The Balaban J connectivity index is 1.25. The van der Waals surface area contributed by atoms with Gasteiger partial charge in [0, 0.05) is 24.7 Å². The second-order valence-corrected chi connectivity index (χ2v) is 8.78. The van der Waals surface area contributed by atoms with E-state index < -0.39 is 6.35 Å². The van der Waals surface area contributed by atoms with Crippen LogP contribution in [-0.4, -0.2) is 56.6 Å². The lowest BCUT2D eigenvalue weighted by atomic mass is 10.2. The number of aliphatic hydroxyl groups excluding tert-OH is 1. The molecule has 10 nitrogen and oxygen atoms in total. The highest BCUT2D eigenvalue weighted by Crippen LogP contribution is 2.26. The predicted molar refractivity (Wildman–Crippen MR) is 122 cm³/mol. The van der Waals surface area contributed by atoms with E-state index in [0.29, 0.717) is 18.8 Å². The molecule has 3 aromatic rings. The first-order valence-electron chi connectivity index (χ1n) is 11.5. The summed E-state index contributed by atoms with van der Waals surface area (Å²) in [4.78, 5) is 15.9. The molecule has 0 saturated carbocycles. The average Bonchev–Trinajstić information content (AvgIpc) is 3.49. The van der Waals surface area contributed by atoms with Crippen LogP contribution < -0.4 is 9.64 Å². The summed E-state index contributed by atoms with van der Waals surface area (Å²) in [6.07, 6.45) is 5.06. The molecule has 4 heterocycles. The molecule has 0 spiro atoms. The van der Waals surface area contributed by atoms with Crippen molar-refractivity contribution in [2.24, 2.45) is 0 Å². The third-order valence-electron chi connectivity index (χ3n) is 6.25. The van der Waals surface area contributed by atoms with E-state index in [1.807, 2.05) is 38.1 Å². The average molecular weight is 468 g/mol. The van der Waals surface area contributed by atoms with Crippen LogP contribution in [0.3, 0.4) is 0 Å². The van der Waals surface area contributed by atoms with Gasteiger partial charge in [-0.15, -0.1) is 0 Å². The number of carbonyl (C=O) groups is 1. The van der Waals surface area contributed by atoms with Crippen LogP contribution in [0.2, 0.25) is 0 Å². The second kappa shape index (κ2) is 9.57. The number of aliphatic hydroxyl groups is 1. The van der Waals surface area contributed by atoms with Crippen LogP contribution in [0.4, 0.5) is 5.69 Å². The molecule has 0 aliphatic carbocycles. The van der Waals surface area contributed by atoms with Crippen LogP contribution in [-0.2, 0) is 22.6 Å². The summed E-state index contributed by atoms with van der Waals surface area (Å²) in [5.74, 6) is 1.27. The lowest BCUT2D eigenvalue weighted by Crippen LogP contribution is -2.39. The van der Waals surface area contributed by atoms with Gasteiger partial charge in [0.15, 0.2) is 12.6 Å². The standard InChI is InChI=1S/C24H29N5O5/c1-16-21(17(2)34-26-16)14-28-13-19(11-25-28)29-22(30)15-27(24(29)31)12-18-6-5-7-20(10-18)33-23-8-3-4-9-32-23/h5-7,10-11,13,23-24,31H,3-4,8-9,12,14-15H2,1-2H3. The number of hydrogen-bond donors (Lipinski definition) is 1. The Morgan fingerprint density at radius 1 is 1.24 bits per heavy atom. The zero-order valence-corrected chi connectivity index (χ0v) is 19.4. The van der Waals surface area contributed by atoms with Crippen molar-refractivity contribution in [3.05, 3.63) is 59.2 Å². The van der Waals surface area contributed by atoms with E-state index in [9.17, 15) is 9.90 Å². The predicted octanol–water partition coefficient (Wildman–Crippen LogP) is 2.57. The Morgan fingerprint density at radius 3 is 2.88 bits per heavy atom. The number of hydrogen-bond acceptors (Lipinski definition) is 8. The molecule has 180 valence electrons. The Morgan fingerprint density at radius 2 is 2.12 bits per heavy atom. The minimum atomic E-state index is -1.09. The first kappa shape index (κ1) is 22.6. The van der Waals surface area contributed by atoms with Gasteiger partial charge < -0.3 is 19.1 Å². The quantitative estimate of drug-likeness (QED) is 0.565. The van der Waals surface area contributed by atoms with Gasteiger partial charge in [0.2, 0.25) is 5.91 Å². The molecule has 0 bridgehead atoms. The van der Waals surface area contributed by atoms with E-state index >= 15 is 0 Å². The molecule has 2 aliphatic rings. The molecule has 2 aromatic heterocycles. The zero-order valence-electron chi connectivity index (χ0n) is 19.4. The monoisotopic (exact) mass is 467 g/mol. The van der Waals surface area contributed by atoms with E-state index in [2.05, 4.69) is 10.3 Å². The van der Waals surface area contributed by atoms with Gasteiger partial charge in [0.1, 0.15) is 11.5 Å². The van der Waals surface area contributed by atoms with E-state index in [1.54, 1.807) is 22.0 Å². The molecule has 5 rings (SSSR count). The van der Waals surface area contributed by atoms with Crippen molar-refractivity contribution in [1.29, 1.82) is 0 Å². The van der Waals surface area contributed by atoms with E-state index in [4.69, 9.17) is 14.0 Å². The summed E-state index contributed by atoms with van der Waals surface area (Å²) < 4.78 is 18.5. The van der Waals surface area contributed by atoms with Crippen molar-refractivity contribution < 1.29 is 23.9 Å². The van der Waals surface area contributed by atoms with Gasteiger partial charge in [-0.05, 0) is 44.4 Å². The number of benzene rings is 1. The van der Waals surface area contributed by atoms with Gasteiger partial charge in [-0.1, -0.05) is 17.3 Å². The van der Waals surface area contributed by atoms with Crippen LogP contribution >= 0.6 is 0 Å². The summed E-state index contributed by atoms with van der Waals surface area (Å²) in [5.41, 5.74) is 3.24. The molecule has 10 heteroatoms. The number of rotatable bonds is 7. The molecule has 2 saturated heterocycles. The van der Waals surface area contributed by atoms with Gasteiger partial charge in [-0.2, -0.15) is 5.10 Å². The maximum Gasteiger partial charge on any atom is 0.244 e. The highest BCUT2D eigenvalue weighted by molar-refractivity contribution is 5.96. The van der Waals surface area contributed by atoms with Crippen molar-refractivity contribution in [1.82, 2.24) is 19.8 Å². The number of anilines is 1.